The lowest BCUT2D eigenvalue weighted by atomic mass is 10.1. The number of halogens is 3. The fourth-order valence-corrected chi connectivity index (χ4v) is 3.81. The molecule has 1 aliphatic carbocycles. The average molecular weight is 338 g/mol. The van der Waals surface area contributed by atoms with E-state index in [0.29, 0.717) is 12.5 Å². The summed E-state index contributed by atoms with van der Waals surface area (Å²) in [6.45, 7) is 0. The standard InChI is InChI=1S/C13H13F3O5S/c14-13(15,16)9-5-1-2-7-11(9)22(19,20)21-10-6-3-4-8(10)12(17)18/h1-2,5,7-8,10H,3-4,6H2,(H,17,18). The molecule has 0 heterocycles. The summed E-state index contributed by atoms with van der Waals surface area (Å²) in [4.78, 5) is 10.0. The molecule has 0 spiro atoms. The van der Waals surface area contributed by atoms with Crippen LogP contribution in [0.3, 0.4) is 0 Å². The minimum atomic E-state index is -4.85. The summed E-state index contributed by atoms with van der Waals surface area (Å²) in [7, 11) is -4.71. The minimum Gasteiger partial charge on any atom is -0.481 e. The van der Waals surface area contributed by atoms with Gasteiger partial charge in [-0.25, -0.2) is 0 Å². The Labute approximate surface area is 124 Å². The van der Waals surface area contributed by atoms with Gasteiger partial charge in [-0.05, 0) is 31.4 Å². The Morgan fingerprint density at radius 1 is 1.23 bits per heavy atom. The van der Waals surface area contributed by atoms with Crippen LogP contribution in [-0.2, 0) is 25.3 Å². The molecule has 122 valence electrons. The van der Waals surface area contributed by atoms with Crippen LogP contribution in [-0.4, -0.2) is 25.6 Å². The number of carboxylic acids is 1. The fourth-order valence-electron chi connectivity index (χ4n) is 2.46. The predicted molar refractivity (Wildman–Crippen MR) is 68.5 cm³/mol. The van der Waals surface area contributed by atoms with Crippen LogP contribution < -0.4 is 0 Å². The van der Waals surface area contributed by atoms with Crippen LogP contribution in [0, 0.1) is 5.92 Å². The van der Waals surface area contributed by atoms with Gasteiger partial charge in [-0.2, -0.15) is 21.6 Å². The summed E-state index contributed by atoms with van der Waals surface area (Å²) in [5, 5.41) is 8.98. The number of hydrogen-bond donors (Lipinski definition) is 1. The Morgan fingerprint density at radius 2 is 1.86 bits per heavy atom. The van der Waals surface area contributed by atoms with Gasteiger partial charge >= 0.3 is 12.1 Å². The topological polar surface area (TPSA) is 80.7 Å². The van der Waals surface area contributed by atoms with Crippen molar-refractivity contribution in [2.45, 2.75) is 36.4 Å². The minimum absolute atomic E-state index is 0.171. The molecule has 1 N–H and O–H groups in total. The van der Waals surface area contributed by atoms with Crippen molar-refractivity contribution in [3.8, 4) is 0 Å². The van der Waals surface area contributed by atoms with E-state index >= 15 is 0 Å². The summed E-state index contributed by atoms with van der Waals surface area (Å²) < 4.78 is 67.7. The molecule has 5 nitrogen and oxygen atoms in total. The molecule has 0 aliphatic heterocycles. The van der Waals surface area contributed by atoms with Crippen molar-refractivity contribution in [2.75, 3.05) is 0 Å². The lowest BCUT2D eigenvalue weighted by molar-refractivity contribution is -0.144. The van der Waals surface area contributed by atoms with E-state index in [9.17, 15) is 26.4 Å². The van der Waals surface area contributed by atoms with Gasteiger partial charge in [0.2, 0.25) is 0 Å². The molecule has 2 unspecified atom stereocenters. The molecular formula is C13H13F3O5S. The number of carbonyl (C=O) groups is 1. The molecule has 0 radical (unpaired) electrons. The molecule has 0 saturated heterocycles. The van der Waals surface area contributed by atoms with Crippen LogP contribution in [0.15, 0.2) is 29.2 Å². The Kier molecular flexibility index (Phi) is 4.48. The third-order valence-electron chi connectivity index (χ3n) is 3.48. The van der Waals surface area contributed by atoms with Crippen LogP contribution in [0.5, 0.6) is 0 Å². The quantitative estimate of drug-likeness (QED) is 0.854. The first-order valence-electron chi connectivity index (χ1n) is 6.45. The fraction of sp³-hybridized carbons (Fsp3) is 0.462. The van der Waals surface area contributed by atoms with Gasteiger partial charge in [-0.3, -0.25) is 8.98 Å². The number of benzene rings is 1. The van der Waals surface area contributed by atoms with E-state index in [0.717, 1.165) is 18.2 Å². The molecule has 1 saturated carbocycles. The molecule has 1 aromatic rings. The molecule has 1 aliphatic rings. The van der Waals surface area contributed by atoms with Crippen molar-refractivity contribution in [1.82, 2.24) is 0 Å². The van der Waals surface area contributed by atoms with Gasteiger partial charge in [0, 0.05) is 0 Å². The van der Waals surface area contributed by atoms with Crippen molar-refractivity contribution in [3.63, 3.8) is 0 Å². The van der Waals surface area contributed by atoms with Crippen LogP contribution in [0.4, 0.5) is 13.2 Å². The Bertz CT molecular complexity index is 668. The molecule has 0 amide bonds. The van der Waals surface area contributed by atoms with Gasteiger partial charge in [0.1, 0.15) is 4.90 Å². The van der Waals surface area contributed by atoms with Crippen molar-refractivity contribution in [2.24, 2.45) is 5.92 Å². The van der Waals surface area contributed by atoms with E-state index in [1.54, 1.807) is 0 Å². The van der Waals surface area contributed by atoms with Gasteiger partial charge in [0.15, 0.2) is 0 Å². The second kappa shape index (κ2) is 5.88. The zero-order valence-electron chi connectivity index (χ0n) is 11.2. The second-order valence-electron chi connectivity index (χ2n) is 4.96. The first kappa shape index (κ1) is 16.8. The van der Waals surface area contributed by atoms with Gasteiger partial charge in [0.05, 0.1) is 17.6 Å². The Hall–Kier alpha value is -1.61. The SMILES string of the molecule is O=C(O)C1CCCC1OS(=O)(=O)c1ccccc1C(F)(F)F. The first-order chi connectivity index (χ1) is 10.1. The second-order valence-corrected chi connectivity index (χ2v) is 6.50. The molecule has 2 atom stereocenters. The van der Waals surface area contributed by atoms with E-state index < -0.39 is 44.7 Å². The Balaban J connectivity index is 2.34. The molecular weight excluding hydrogens is 325 g/mol. The van der Waals surface area contributed by atoms with Crippen molar-refractivity contribution >= 4 is 16.1 Å². The number of alkyl halides is 3. The molecule has 0 aromatic heterocycles. The molecule has 2 rings (SSSR count). The van der Waals surface area contributed by atoms with E-state index in [1.807, 2.05) is 0 Å². The third-order valence-corrected chi connectivity index (χ3v) is 4.88. The maximum Gasteiger partial charge on any atom is 0.417 e. The lowest BCUT2D eigenvalue weighted by Gasteiger charge is -2.18. The van der Waals surface area contributed by atoms with Crippen molar-refractivity contribution < 1.29 is 35.7 Å². The van der Waals surface area contributed by atoms with Crippen LogP contribution in [0.2, 0.25) is 0 Å². The summed E-state index contributed by atoms with van der Waals surface area (Å²) >= 11 is 0. The molecule has 9 heteroatoms. The number of aliphatic carboxylic acids is 1. The highest BCUT2D eigenvalue weighted by Gasteiger charge is 2.41. The highest BCUT2D eigenvalue weighted by molar-refractivity contribution is 7.86. The van der Waals surface area contributed by atoms with Crippen molar-refractivity contribution in [1.29, 1.82) is 0 Å². The van der Waals surface area contributed by atoms with Gasteiger partial charge < -0.3 is 5.11 Å². The smallest absolute Gasteiger partial charge is 0.417 e. The third kappa shape index (κ3) is 3.41. The first-order valence-corrected chi connectivity index (χ1v) is 7.86. The molecule has 1 aromatic carbocycles. The monoisotopic (exact) mass is 338 g/mol. The predicted octanol–water partition coefficient (Wildman–Crippen LogP) is 2.66. The number of carboxylic acid groups (broad SMARTS) is 1. The molecule has 0 bridgehead atoms. The van der Waals surface area contributed by atoms with Gasteiger partial charge in [-0.15, -0.1) is 0 Å². The summed E-state index contributed by atoms with van der Waals surface area (Å²) in [5.41, 5.74) is -1.33. The molecule has 1 fully saturated rings. The maximum absolute atomic E-state index is 12.9. The zero-order chi connectivity index (χ0) is 16.5. The van der Waals surface area contributed by atoms with Crippen LogP contribution in [0.25, 0.3) is 0 Å². The zero-order valence-corrected chi connectivity index (χ0v) is 12.0. The molecule has 22 heavy (non-hydrogen) atoms. The van der Waals surface area contributed by atoms with Gasteiger partial charge in [-0.1, -0.05) is 12.1 Å². The highest BCUT2D eigenvalue weighted by Crippen LogP contribution is 2.37. The largest absolute Gasteiger partial charge is 0.481 e. The summed E-state index contributed by atoms with van der Waals surface area (Å²) in [5.74, 6) is -2.25. The average Bonchev–Trinajstić information content (AvgIpc) is 2.85. The highest BCUT2D eigenvalue weighted by atomic mass is 32.2. The normalized spacial score (nSPS) is 22.7. The van der Waals surface area contributed by atoms with Crippen LogP contribution in [0.1, 0.15) is 24.8 Å². The van der Waals surface area contributed by atoms with E-state index in [1.165, 1.54) is 0 Å². The van der Waals surface area contributed by atoms with Crippen LogP contribution >= 0.6 is 0 Å². The summed E-state index contributed by atoms with van der Waals surface area (Å²) in [6.07, 6.45) is -5.16. The number of rotatable bonds is 4. The lowest BCUT2D eigenvalue weighted by Crippen LogP contribution is -2.28. The van der Waals surface area contributed by atoms with E-state index in [2.05, 4.69) is 0 Å². The van der Waals surface area contributed by atoms with E-state index in [-0.39, 0.29) is 12.8 Å². The maximum atomic E-state index is 12.9. The van der Waals surface area contributed by atoms with E-state index in [4.69, 9.17) is 9.29 Å². The number of hydrogen-bond acceptors (Lipinski definition) is 4. The van der Waals surface area contributed by atoms with Gasteiger partial charge in [0.25, 0.3) is 10.1 Å². The summed E-state index contributed by atoms with van der Waals surface area (Å²) in [6, 6.07) is 3.65. The van der Waals surface area contributed by atoms with Crippen molar-refractivity contribution in [3.05, 3.63) is 29.8 Å². The Morgan fingerprint density at radius 3 is 2.45 bits per heavy atom.